The van der Waals surface area contributed by atoms with Crippen LogP contribution in [0.3, 0.4) is 0 Å². The Kier molecular flexibility index (Phi) is 8.38. The molecule has 0 aliphatic carbocycles. The highest BCUT2D eigenvalue weighted by Gasteiger charge is 2.33. The third-order valence-electron chi connectivity index (χ3n) is 6.83. The van der Waals surface area contributed by atoms with Crippen LogP contribution in [0.5, 0.6) is 0 Å². The molecule has 4 aromatic rings. The lowest BCUT2D eigenvalue weighted by Crippen LogP contribution is -2.40. The summed E-state index contributed by atoms with van der Waals surface area (Å²) in [5.41, 5.74) is 3.48. The molecule has 1 atom stereocenters. The van der Waals surface area contributed by atoms with E-state index in [1.165, 1.54) is 18.4 Å². The molecule has 8 nitrogen and oxygen atoms in total. The first kappa shape index (κ1) is 29.3. The van der Waals surface area contributed by atoms with Crippen molar-refractivity contribution in [1.29, 1.82) is 0 Å². The maximum absolute atomic E-state index is 13.9. The van der Waals surface area contributed by atoms with Crippen molar-refractivity contribution in [2.24, 2.45) is 4.99 Å². The number of rotatable bonds is 7. The molecular formula is C32H30N2O6S2. The number of hydrogen-bond acceptors (Lipinski definition) is 9. The summed E-state index contributed by atoms with van der Waals surface area (Å²) in [7, 11) is 1.34. The van der Waals surface area contributed by atoms with Crippen LogP contribution >= 0.6 is 23.1 Å². The molecule has 0 saturated carbocycles. The van der Waals surface area contributed by atoms with Gasteiger partial charge in [0.1, 0.15) is 11.5 Å². The first-order chi connectivity index (χ1) is 20.1. The summed E-state index contributed by atoms with van der Waals surface area (Å²) in [6.45, 7) is 7.23. The number of fused-ring (bicyclic) bond motifs is 1. The van der Waals surface area contributed by atoms with E-state index in [1.54, 1.807) is 67.4 Å². The summed E-state index contributed by atoms with van der Waals surface area (Å²) in [4.78, 5) is 45.3. The van der Waals surface area contributed by atoms with Gasteiger partial charge in [-0.3, -0.25) is 9.36 Å². The van der Waals surface area contributed by atoms with E-state index < -0.39 is 18.0 Å². The molecule has 42 heavy (non-hydrogen) atoms. The number of aryl methyl sites for hydroxylation is 1. The number of furan rings is 1. The van der Waals surface area contributed by atoms with E-state index in [0.29, 0.717) is 37.7 Å². The molecule has 0 unspecified atom stereocenters. The Balaban J connectivity index is 1.58. The number of thiazole rings is 1. The molecule has 0 amide bonds. The van der Waals surface area contributed by atoms with Crippen molar-refractivity contribution in [2.75, 3.05) is 13.4 Å². The number of carbonyl (C=O) groups excluding carboxylic acids is 2. The Labute approximate surface area is 251 Å². The monoisotopic (exact) mass is 602 g/mol. The van der Waals surface area contributed by atoms with E-state index in [1.807, 2.05) is 43.5 Å². The van der Waals surface area contributed by atoms with Crippen LogP contribution < -0.4 is 14.9 Å². The molecule has 0 fully saturated rings. The van der Waals surface area contributed by atoms with Crippen LogP contribution in [0.25, 0.3) is 17.4 Å². The number of hydrogen-bond donors (Lipinski definition) is 0. The third kappa shape index (κ3) is 5.64. The zero-order valence-electron chi connectivity index (χ0n) is 24.1. The van der Waals surface area contributed by atoms with Crippen molar-refractivity contribution < 1.29 is 23.5 Å². The Morgan fingerprint density at radius 3 is 2.45 bits per heavy atom. The van der Waals surface area contributed by atoms with E-state index in [2.05, 4.69) is 4.99 Å². The second-order valence-corrected chi connectivity index (χ2v) is 11.9. The van der Waals surface area contributed by atoms with Gasteiger partial charge in [0.25, 0.3) is 5.56 Å². The number of esters is 2. The molecule has 5 rings (SSSR count). The molecule has 1 aliphatic heterocycles. The van der Waals surface area contributed by atoms with Crippen molar-refractivity contribution in [3.63, 3.8) is 0 Å². The number of thioether (sulfide) groups is 1. The minimum absolute atomic E-state index is 0.281. The molecular weight excluding hydrogens is 572 g/mol. The highest BCUT2D eigenvalue weighted by molar-refractivity contribution is 7.98. The van der Waals surface area contributed by atoms with Gasteiger partial charge in [0.2, 0.25) is 0 Å². The molecule has 3 heterocycles. The van der Waals surface area contributed by atoms with Crippen LogP contribution in [-0.2, 0) is 14.3 Å². The van der Waals surface area contributed by atoms with Crippen LogP contribution in [0.1, 0.15) is 54.1 Å². The highest BCUT2D eigenvalue weighted by Crippen LogP contribution is 2.32. The zero-order valence-corrected chi connectivity index (χ0v) is 25.7. The molecule has 0 N–H and O–H groups in total. The van der Waals surface area contributed by atoms with Crippen molar-refractivity contribution in [1.82, 2.24) is 4.57 Å². The van der Waals surface area contributed by atoms with Gasteiger partial charge in [-0.25, -0.2) is 14.6 Å². The summed E-state index contributed by atoms with van der Waals surface area (Å²) in [5, 5.41) is 0. The maximum atomic E-state index is 13.9. The molecule has 0 bridgehead atoms. The number of aromatic nitrogens is 1. The summed E-state index contributed by atoms with van der Waals surface area (Å²) >= 11 is 2.85. The van der Waals surface area contributed by atoms with E-state index in [0.717, 1.165) is 21.6 Å². The molecule has 10 heteroatoms. The predicted molar refractivity (Wildman–Crippen MR) is 163 cm³/mol. The van der Waals surface area contributed by atoms with E-state index in [-0.39, 0.29) is 11.7 Å². The quantitative estimate of drug-likeness (QED) is 0.210. The Morgan fingerprint density at radius 1 is 1.07 bits per heavy atom. The van der Waals surface area contributed by atoms with Gasteiger partial charge >= 0.3 is 11.9 Å². The SMILES string of the molecule is COC(=O)c1ccc(-c2ccc(/C=c3\sc4n(c3=O)[C@@H](c3ccc(SC)cc3)C(C(=O)OC(C)C)=C(C)N=4)o2)c(C)c1. The Hall–Kier alpha value is -4.15. The van der Waals surface area contributed by atoms with E-state index >= 15 is 0 Å². The molecule has 0 spiro atoms. The topological polar surface area (TPSA) is 100 Å². The smallest absolute Gasteiger partial charge is 0.338 e. The van der Waals surface area contributed by atoms with Crippen molar-refractivity contribution in [2.45, 2.75) is 44.7 Å². The Morgan fingerprint density at radius 2 is 1.81 bits per heavy atom. The molecule has 0 radical (unpaired) electrons. The lowest BCUT2D eigenvalue weighted by molar-refractivity contribution is -0.143. The van der Waals surface area contributed by atoms with Crippen molar-refractivity contribution in [3.8, 4) is 11.3 Å². The third-order valence-corrected chi connectivity index (χ3v) is 8.56. The fourth-order valence-corrected chi connectivity index (χ4v) is 6.29. The summed E-state index contributed by atoms with van der Waals surface area (Å²) in [5.74, 6) is 0.185. The number of carbonyl (C=O) groups is 2. The molecule has 1 aliphatic rings. The molecule has 0 saturated heterocycles. The van der Waals surface area contributed by atoms with Gasteiger partial charge in [-0.2, -0.15) is 0 Å². The minimum atomic E-state index is -0.686. The number of benzene rings is 2. The fraction of sp³-hybridized carbons (Fsp3) is 0.250. The van der Waals surface area contributed by atoms with Gasteiger partial charge in [0, 0.05) is 16.5 Å². The maximum Gasteiger partial charge on any atom is 0.338 e. The Bertz CT molecular complexity index is 1890. The van der Waals surface area contributed by atoms with E-state index in [9.17, 15) is 14.4 Å². The first-order valence-corrected chi connectivity index (χ1v) is 15.3. The second-order valence-electron chi connectivity index (χ2n) is 10.0. The average molecular weight is 603 g/mol. The van der Waals surface area contributed by atoms with Gasteiger partial charge in [-0.1, -0.05) is 29.5 Å². The predicted octanol–water partition coefficient (Wildman–Crippen LogP) is 5.26. The van der Waals surface area contributed by atoms with Crippen molar-refractivity contribution >= 4 is 41.1 Å². The first-order valence-electron chi connectivity index (χ1n) is 13.3. The summed E-state index contributed by atoms with van der Waals surface area (Å²) in [6.07, 6.45) is 3.35. The largest absolute Gasteiger partial charge is 0.465 e. The zero-order chi connectivity index (χ0) is 30.1. The lowest BCUT2D eigenvalue weighted by Gasteiger charge is -2.25. The van der Waals surface area contributed by atoms with Gasteiger partial charge in [-0.15, -0.1) is 11.8 Å². The van der Waals surface area contributed by atoms with Crippen LogP contribution in [0.4, 0.5) is 0 Å². The van der Waals surface area contributed by atoms with Gasteiger partial charge in [0.05, 0.1) is 40.6 Å². The number of methoxy groups -OCH3 is 1. The van der Waals surface area contributed by atoms with Gasteiger partial charge in [-0.05, 0) is 81.5 Å². The number of ether oxygens (including phenoxy) is 2. The number of allylic oxidation sites excluding steroid dienone is 1. The van der Waals surface area contributed by atoms with Crippen LogP contribution in [0.2, 0.25) is 0 Å². The average Bonchev–Trinajstić information content (AvgIpc) is 3.55. The lowest BCUT2D eigenvalue weighted by atomic mass is 9.96. The standard InChI is InChI=1S/C32H30N2O6S2/c1-17(2)39-31(37)27-19(4)33-32-34(28(27)20-7-11-23(41-6)12-8-20)29(35)26(42-32)16-22-10-14-25(40-22)24-13-9-21(15-18(24)3)30(36)38-5/h7-17,28H,1-6H3/b26-16-/t28-/m0/s1. The normalized spacial score (nSPS) is 15.0. The van der Waals surface area contributed by atoms with Gasteiger partial charge < -0.3 is 13.9 Å². The summed E-state index contributed by atoms with van der Waals surface area (Å²) in [6, 6.07) is 16.0. The summed E-state index contributed by atoms with van der Waals surface area (Å²) < 4.78 is 18.5. The molecule has 2 aromatic heterocycles. The number of nitrogens with zero attached hydrogens (tertiary/aromatic N) is 2. The fourth-order valence-electron chi connectivity index (χ4n) is 4.85. The highest BCUT2D eigenvalue weighted by atomic mass is 32.2. The minimum Gasteiger partial charge on any atom is -0.465 e. The molecule has 2 aromatic carbocycles. The molecule has 216 valence electrons. The van der Waals surface area contributed by atoms with Crippen LogP contribution in [0, 0.1) is 6.92 Å². The van der Waals surface area contributed by atoms with Crippen LogP contribution in [-0.4, -0.2) is 36.0 Å². The van der Waals surface area contributed by atoms with Crippen molar-refractivity contribution in [3.05, 3.63) is 108 Å². The second kappa shape index (κ2) is 12.0. The van der Waals surface area contributed by atoms with Gasteiger partial charge in [0.15, 0.2) is 4.80 Å². The van der Waals surface area contributed by atoms with Crippen LogP contribution in [0.15, 0.2) is 85.0 Å². The van der Waals surface area contributed by atoms with E-state index in [4.69, 9.17) is 13.9 Å².